The predicted molar refractivity (Wildman–Crippen MR) is 62.4 cm³/mol. The lowest BCUT2D eigenvalue weighted by molar-refractivity contribution is 0.456. The summed E-state index contributed by atoms with van der Waals surface area (Å²) in [5, 5.41) is 0. The highest BCUT2D eigenvalue weighted by Crippen LogP contribution is 2.04. The van der Waals surface area contributed by atoms with E-state index in [1.54, 1.807) is 0 Å². The normalized spacial score (nSPS) is 10.7. The first-order chi connectivity index (χ1) is 6.83. The van der Waals surface area contributed by atoms with Crippen LogP contribution in [0, 0.1) is 0 Å². The largest absolute Gasteiger partial charge is 0.354 e. The lowest BCUT2D eigenvalue weighted by Crippen LogP contribution is -2.20. The van der Waals surface area contributed by atoms with E-state index in [1.165, 1.54) is 24.8 Å². The lowest BCUT2D eigenvalue weighted by Gasteiger charge is -2.13. The van der Waals surface area contributed by atoms with Crippen molar-refractivity contribution in [1.29, 1.82) is 0 Å². The molecule has 0 aromatic heterocycles. The molecule has 0 spiro atoms. The molecular weight excluding hydrogens is 169 g/mol. The molecule has 0 amide bonds. The molecule has 1 aromatic rings. The molecule has 0 aliphatic heterocycles. The maximum Gasteiger partial charge on any atom is 0.182 e. The Balaban J connectivity index is 2.10. The molecule has 74 valence electrons. The van der Waals surface area contributed by atoms with Crippen LogP contribution in [0.25, 0.3) is 0 Å². The van der Waals surface area contributed by atoms with Crippen molar-refractivity contribution in [2.24, 2.45) is 0 Å². The standard InChI is InChI=1S/C12H18BN/c1-2-14(13)11-7-6-10-12-8-4-3-5-9-12/h3-5,8-9H,2,6-7,10-11H2,1H3. The van der Waals surface area contributed by atoms with Gasteiger partial charge in [0.2, 0.25) is 0 Å². The molecule has 0 N–H and O–H groups in total. The quantitative estimate of drug-likeness (QED) is 0.488. The van der Waals surface area contributed by atoms with Crippen LogP contribution in [0.3, 0.4) is 0 Å². The van der Waals surface area contributed by atoms with Crippen molar-refractivity contribution in [2.75, 3.05) is 13.1 Å². The van der Waals surface area contributed by atoms with Gasteiger partial charge in [0.1, 0.15) is 0 Å². The molecule has 0 atom stereocenters. The summed E-state index contributed by atoms with van der Waals surface area (Å²) in [5.41, 5.74) is 1.42. The molecule has 0 fully saturated rings. The molecule has 0 aliphatic carbocycles. The number of aryl methyl sites for hydroxylation is 1. The third-order valence-electron chi connectivity index (χ3n) is 2.41. The zero-order chi connectivity index (χ0) is 10.2. The highest BCUT2D eigenvalue weighted by Gasteiger charge is 1.95. The number of unbranched alkanes of at least 4 members (excludes halogenated alkanes) is 1. The van der Waals surface area contributed by atoms with Crippen LogP contribution in [0.1, 0.15) is 25.3 Å². The van der Waals surface area contributed by atoms with Crippen LogP contribution >= 0.6 is 0 Å². The number of benzene rings is 1. The van der Waals surface area contributed by atoms with Crippen LogP contribution < -0.4 is 0 Å². The van der Waals surface area contributed by atoms with Crippen LogP contribution in [0.2, 0.25) is 0 Å². The molecule has 2 radical (unpaired) electrons. The Morgan fingerprint density at radius 2 is 1.86 bits per heavy atom. The molecule has 0 saturated heterocycles. The average Bonchev–Trinajstić information content (AvgIpc) is 2.25. The van der Waals surface area contributed by atoms with E-state index in [2.05, 4.69) is 37.3 Å². The van der Waals surface area contributed by atoms with E-state index >= 15 is 0 Å². The maximum atomic E-state index is 5.69. The van der Waals surface area contributed by atoms with E-state index in [-0.39, 0.29) is 0 Å². The fourth-order valence-electron chi connectivity index (χ4n) is 1.45. The van der Waals surface area contributed by atoms with Crippen molar-refractivity contribution >= 4 is 7.98 Å². The minimum atomic E-state index is 0.936. The highest BCUT2D eigenvalue weighted by atomic mass is 15.0. The van der Waals surface area contributed by atoms with E-state index in [1.807, 2.05) is 4.81 Å². The van der Waals surface area contributed by atoms with Gasteiger partial charge < -0.3 is 4.81 Å². The summed E-state index contributed by atoms with van der Waals surface area (Å²) in [6.07, 6.45) is 3.56. The minimum absolute atomic E-state index is 0.936. The molecule has 1 aromatic carbocycles. The van der Waals surface area contributed by atoms with E-state index in [0.29, 0.717) is 0 Å². The summed E-state index contributed by atoms with van der Waals surface area (Å²) in [7, 11) is 5.69. The lowest BCUT2D eigenvalue weighted by atomic mass is 10.1. The molecule has 14 heavy (non-hydrogen) atoms. The first-order valence-corrected chi connectivity index (χ1v) is 5.36. The number of nitrogens with zero attached hydrogens (tertiary/aromatic N) is 1. The highest BCUT2D eigenvalue weighted by molar-refractivity contribution is 6.04. The van der Waals surface area contributed by atoms with Gasteiger partial charge in [-0.25, -0.2) is 0 Å². The third-order valence-corrected chi connectivity index (χ3v) is 2.41. The molecular formula is C12H18BN. The molecule has 1 rings (SSSR count). The molecule has 0 aliphatic rings. The summed E-state index contributed by atoms with van der Waals surface area (Å²) in [6.45, 7) is 4.02. The number of rotatable bonds is 6. The second kappa shape index (κ2) is 6.66. The Bertz CT molecular complexity index is 235. The van der Waals surface area contributed by atoms with Gasteiger partial charge >= 0.3 is 0 Å². The Labute approximate surface area is 88.6 Å². The van der Waals surface area contributed by atoms with Gasteiger partial charge in [-0.1, -0.05) is 37.3 Å². The Morgan fingerprint density at radius 3 is 2.50 bits per heavy atom. The first-order valence-electron chi connectivity index (χ1n) is 5.36. The van der Waals surface area contributed by atoms with Crippen molar-refractivity contribution in [2.45, 2.75) is 26.2 Å². The maximum absolute atomic E-state index is 5.69. The molecule has 2 heteroatoms. The van der Waals surface area contributed by atoms with Gasteiger partial charge in [-0.2, -0.15) is 0 Å². The summed E-state index contributed by atoms with van der Waals surface area (Å²) >= 11 is 0. The van der Waals surface area contributed by atoms with Crippen molar-refractivity contribution in [1.82, 2.24) is 4.81 Å². The summed E-state index contributed by atoms with van der Waals surface area (Å²) in [6, 6.07) is 10.6. The van der Waals surface area contributed by atoms with Gasteiger partial charge in [0.15, 0.2) is 7.98 Å². The van der Waals surface area contributed by atoms with E-state index < -0.39 is 0 Å². The fourth-order valence-corrected chi connectivity index (χ4v) is 1.45. The summed E-state index contributed by atoms with van der Waals surface area (Å²) in [4.78, 5) is 1.87. The van der Waals surface area contributed by atoms with Crippen LogP contribution in [0.5, 0.6) is 0 Å². The minimum Gasteiger partial charge on any atom is -0.354 e. The molecule has 0 saturated carbocycles. The Hall–Kier alpha value is -0.755. The average molecular weight is 187 g/mol. The Kier molecular flexibility index (Phi) is 5.39. The zero-order valence-electron chi connectivity index (χ0n) is 8.95. The second-order valence-corrected chi connectivity index (χ2v) is 3.57. The van der Waals surface area contributed by atoms with Gasteiger partial charge in [0.25, 0.3) is 0 Å². The van der Waals surface area contributed by atoms with Crippen LogP contribution in [0.4, 0.5) is 0 Å². The monoisotopic (exact) mass is 187 g/mol. The van der Waals surface area contributed by atoms with Crippen molar-refractivity contribution in [3.05, 3.63) is 35.9 Å². The second-order valence-electron chi connectivity index (χ2n) is 3.57. The summed E-state index contributed by atoms with van der Waals surface area (Å²) in [5.74, 6) is 0. The topological polar surface area (TPSA) is 3.24 Å². The van der Waals surface area contributed by atoms with Crippen molar-refractivity contribution in [3.63, 3.8) is 0 Å². The van der Waals surface area contributed by atoms with Gasteiger partial charge in [0.05, 0.1) is 0 Å². The van der Waals surface area contributed by atoms with Gasteiger partial charge in [-0.15, -0.1) is 0 Å². The first kappa shape index (κ1) is 11.3. The SMILES string of the molecule is [B]N(CC)CCCCc1ccccc1. The van der Waals surface area contributed by atoms with Gasteiger partial charge in [0, 0.05) is 0 Å². The van der Waals surface area contributed by atoms with E-state index in [0.717, 1.165) is 13.1 Å². The molecule has 0 bridgehead atoms. The van der Waals surface area contributed by atoms with Crippen LogP contribution in [-0.4, -0.2) is 25.9 Å². The van der Waals surface area contributed by atoms with Crippen molar-refractivity contribution < 1.29 is 0 Å². The molecule has 0 unspecified atom stereocenters. The van der Waals surface area contributed by atoms with Crippen molar-refractivity contribution in [3.8, 4) is 0 Å². The zero-order valence-corrected chi connectivity index (χ0v) is 8.95. The summed E-state index contributed by atoms with van der Waals surface area (Å²) < 4.78 is 0. The van der Waals surface area contributed by atoms with Crippen LogP contribution in [-0.2, 0) is 6.42 Å². The fraction of sp³-hybridized carbons (Fsp3) is 0.500. The smallest absolute Gasteiger partial charge is 0.182 e. The molecule has 1 nitrogen and oxygen atoms in total. The predicted octanol–water partition coefficient (Wildman–Crippen LogP) is 2.41. The van der Waals surface area contributed by atoms with E-state index in [4.69, 9.17) is 7.98 Å². The molecule has 0 heterocycles. The Morgan fingerprint density at radius 1 is 1.14 bits per heavy atom. The third kappa shape index (κ3) is 4.47. The van der Waals surface area contributed by atoms with E-state index in [9.17, 15) is 0 Å². The van der Waals surface area contributed by atoms with Crippen LogP contribution in [0.15, 0.2) is 30.3 Å². The number of hydrogen-bond acceptors (Lipinski definition) is 1. The number of hydrogen-bond donors (Lipinski definition) is 0. The van der Waals surface area contributed by atoms with Gasteiger partial charge in [-0.05, 0) is 37.9 Å². The van der Waals surface area contributed by atoms with Gasteiger partial charge in [-0.3, -0.25) is 0 Å².